The van der Waals surface area contributed by atoms with Crippen molar-refractivity contribution in [2.24, 2.45) is 7.05 Å². The number of nitrogens with zero attached hydrogens (tertiary/aromatic N) is 3. The highest BCUT2D eigenvalue weighted by Crippen LogP contribution is 2.22. The largest absolute Gasteiger partial charge is 0.304 e. The first-order valence-corrected chi connectivity index (χ1v) is 6.73. The quantitative estimate of drug-likeness (QED) is 0.885. The molecule has 0 aromatic carbocycles. The predicted octanol–water partition coefficient (Wildman–Crippen LogP) is 2.27. The zero-order valence-corrected chi connectivity index (χ0v) is 11.3. The molecule has 0 bridgehead atoms. The molecule has 0 saturated heterocycles. The summed E-state index contributed by atoms with van der Waals surface area (Å²) in [5.41, 5.74) is 2.24. The van der Waals surface area contributed by atoms with Crippen LogP contribution < -0.4 is 5.32 Å². The molecule has 0 spiro atoms. The van der Waals surface area contributed by atoms with E-state index in [-0.39, 0.29) is 6.04 Å². The van der Waals surface area contributed by atoms with E-state index < -0.39 is 0 Å². The lowest BCUT2D eigenvalue weighted by molar-refractivity contribution is 0.545. The summed E-state index contributed by atoms with van der Waals surface area (Å²) in [5, 5.41) is 11.0. The van der Waals surface area contributed by atoms with E-state index in [1.54, 1.807) is 11.3 Å². The van der Waals surface area contributed by atoms with Gasteiger partial charge in [-0.05, 0) is 26.0 Å². The lowest BCUT2D eigenvalue weighted by Crippen LogP contribution is -2.25. The molecule has 92 valence electrons. The number of aryl methyl sites for hydroxylation is 2. The van der Waals surface area contributed by atoms with Gasteiger partial charge in [-0.15, -0.1) is 11.3 Å². The van der Waals surface area contributed by atoms with Crippen LogP contribution in [-0.2, 0) is 7.05 Å². The van der Waals surface area contributed by atoms with Crippen molar-refractivity contribution in [1.29, 1.82) is 0 Å². The summed E-state index contributed by atoms with van der Waals surface area (Å²) < 4.78 is 1.90. The van der Waals surface area contributed by atoms with Crippen LogP contribution in [0, 0.1) is 6.92 Å². The van der Waals surface area contributed by atoms with Crippen molar-refractivity contribution in [2.75, 3.05) is 6.54 Å². The molecule has 1 unspecified atom stereocenters. The molecule has 0 amide bonds. The summed E-state index contributed by atoms with van der Waals surface area (Å²) in [7, 11) is 1.97. The van der Waals surface area contributed by atoms with Gasteiger partial charge < -0.3 is 5.32 Å². The molecule has 5 heteroatoms. The van der Waals surface area contributed by atoms with Crippen LogP contribution in [0.4, 0.5) is 0 Å². The molecule has 2 heterocycles. The van der Waals surface area contributed by atoms with Crippen LogP contribution in [0.15, 0.2) is 17.6 Å². The van der Waals surface area contributed by atoms with Gasteiger partial charge in [-0.3, -0.25) is 4.68 Å². The van der Waals surface area contributed by atoms with E-state index in [1.165, 1.54) is 0 Å². The second-order valence-corrected chi connectivity index (χ2v) is 5.12. The van der Waals surface area contributed by atoms with Crippen LogP contribution in [0.3, 0.4) is 0 Å². The van der Waals surface area contributed by atoms with E-state index >= 15 is 0 Å². The molecule has 0 aliphatic heterocycles. The van der Waals surface area contributed by atoms with Gasteiger partial charge in [0.05, 0.1) is 22.4 Å². The minimum absolute atomic E-state index is 0.146. The standard InChI is InChI=1S/C12H18N4S/c1-4-6-13-12(10-8-17-9(2)15-10)11-5-7-14-16(11)3/h5,7-8,12-13H,4,6H2,1-3H3. The van der Waals surface area contributed by atoms with E-state index in [0.29, 0.717) is 0 Å². The van der Waals surface area contributed by atoms with Crippen molar-refractivity contribution in [3.8, 4) is 0 Å². The summed E-state index contributed by atoms with van der Waals surface area (Å²) in [6.07, 6.45) is 2.94. The Morgan fingerprint density at radius 2 is 2.35 bits per heavy atom. The first kappa shape index (κ1) is 12.3. The highest BCUT2D eigenvalue weighted by molar-refractivity contribution is 7.09. The minimum atomic E-state index is 0.146. The second-order valence-electron chi connectivity index (χ2n) is 4.06. The summed E-state index contributed by atoms with van der Waals surface area (Å²) in [5.74, 6) is 0. The van der Waals surface area contributed by atoms with Gasteiger partial charge in [0.25, 0.3) is 0 Å². The fraction of sp³-hybridized carbons (Fsp3) is 0.500. The molecule has 0 fully saturated rings. The monoisotopic (exact) mass is 250 g/mol. The zero-order valence-electron chi connectivity index (χ0n) is 10.5. The minimum Gasteiger partial charge on any atom is -0.304 e. The smallest absolute Gasteiger partial charge is 0.0930 e. The van der Waals surface area contributed by atoms with Gasteiger partial charge >= 0.3 is 0 Å². The molecule has 0 radical (unpaired) electrons. The fourth-order valence-corrected chi connectivity index (χ4v) is 2.47. The van der Waals surface area contributed by atoms with E-state index in [9.17, 15) is 0 Å². The highest BCUT2D eigenvalue weighted by Gasteiger charge is 2.18. The highest BCUT2D eigenvalue weighted by atomic mass is 32.1. The molecular weight excluding hydrogens is 232 g/mol. The predicted molar refractivity (Wildman–Crippen MR) is 70.2 cm³/mol. The Kier molecular flexibility index (Phi) is 3.91. The van der Waals surface area contributed by atoms with Crippen molar-refractivity contribution >= 4 is 11.3 Å². The molecule has 1 atom stereocenters. The third-order valence-electron chi connectivity index (χ3n) is 2.69. The van der Waals surface area contributed by atoms with Crippen molar-refractivity contribution in [1.82, 2.24) is 20.1 Å². The van der Waals surface area contributed by atoms with Crippen molar-refractivity contribution in [2.45, 2.75) is 26.3 Å². The Bertz CT molecular complexity index is 474. The summed E-state index contributed by atoms with van der Waals surface area (Å²) >= 11 is 1.69. The molecule has 17 heavy (non-hydrogen) atoms. The van der Waals surface area contributed by atoms with Crippen LogP contribution >= 0.6 is 11.3 Å². The number of rotatable bonds is 5. The van der Waals surface area contributed by atoms with Crippen molar-refractivity contribution in [3.63, 3.8) is 0 Å². The lowest BCUT2D eigenvalue weighted by atomic mass is 10.1. The fourth-order valence-electron chi connectivity index (χ4n) is 1.83. The van der Waals surface area contributed by atoms with E-state index in [4.69, 9.17) is 0 Å². The zero-order chi connectivity index (χ0) is 12.3. The normalized spacial score (nSPS) is 12.9. The molecule has 1 N–H and O–H groups in total. The number of aromatic nitrogens is 3. The molecule has 0 aliphatic rings. The second kappa shape index (κ2) is 5.42. The Labute approximate surface area is 106 Å². The van der Waals surface area contributed by atoms with Crippen LogP contribution in [0.25, 0.3) is 0 Å². The maximum absolute atomic E-state index is 4.58. The molecule has 4 nitrogen and oxygen atoms in total. The van der Waals surface area contributed by atoms with E-state index in [0.717, 1.165) is 29.4 Å². The first-order chi connectivity index (χ1) is 8.22. The van der Waals surface area contributed by atoms with Gasteiger partial charge in [-0.2, -0.15) is 5.10 Å². The molecule has 0 saturated carbocycles. The molecule has 2 aromatic heterocycles. The van der Waals surface area contributed by atoms with Gasteiger partial charge in [0.1, 0.15) is 0 Å². The van der Waals surface area contributed by atoms with Crippen LogP contribution in [0.2, 0.25) is 0 Å². The Morgan fingerprint density at radius 3 is 2.88 bits per heavy atom. The molecular formula is C12H18N4S. The lowest BCUT2D eigenvalue weighted by Gasteiger charge is -2.16. The summed E-state index contributed by atoms with van der Waals surface area (Å²) in [6, 6.07) is 2.19. The first-order valence-electron chi connectivity index (χ1n) is 5.85. The van der Waals surface area contributed by atoms with Gasteiger partial charge in [0.15, 0.2) is 0 Å². The molecule has 0 aliphatic carbocycles. The molecule has 2 rings (SSSR count). The summed E-state index contributed by atoms with van der Waals surface area (Å²) in [4.78, 5) is 4.58. The SMILES string of the molecule is CCCNC(c1csc(C)n1)c1ccnn1C. The number of thiazole rings is 1. The summed E-state index contributed by atoms with van der Waals surface area (Å²) in [6.45, 7) is 5.18. The van der Waals surface area contributed by atoms with Gasteiger partial charge in [-0.1, -0.05) is 6.92 Å². The van der Waals surface area contributed by atoms with Gasteiger partial charge in [-0.25, -0.2) is 4.98 Å². The Balaban J connectivity index is 2.28. The van der Waals surface area contributed by atoms with Crippen LogP contribution in [0.5, 0.6) is 0 Å². The van der Waals surface area contributed by atoms with Crippen LogP contribution in [0.1, 0.15) is 35.8 Å². The van der Waals surface area contributed by atoms with Gasteiger partial charge in [0, 0.05) is 18.6 Å². The van der Waals surface area contributed by atoms with E-state index in [1.807, 2.05) is 30.9 Å². The third-order valence-corrected chi connectivity index (χ3v) is 3.48. The number of nitrogens with one attached hydrogen (secondary N) is 1. The maximum Gasteiger partial charge on any atom is 0.0930 e. The number of hydrogen-bond acceptors (Lipinski definition) is 4. The number of hydrogen-bond donors (Lipinski definition) is 1. The van der Waals surface area contributed by atoms with Crippen molar-refractivity contribution in [3.05, 3.63) is 34.0 Å². The Hall–Kier alpha value is -1.20. The topological polar surface area (TPSA) is 42.7 Å². The maximum atomic E-state index is 4.58. The van der Waals surface area contributed by atoms with Crippen molar-refractivity contribution < 1.29 is 0 Å². The van der Waals surface area contributed by atoms with Gasteiger partial charge in [0.2, 0.25) is 0 Å². The average Bonchev–Trinajstić information content (AvgIpc) is 2.90. The average molecular weight is 250 g/mol. The van der Waals surface area contributed by atoms with Crippen LogP contribution in [-0.4, -0.2) is 21.3 Å². The molecule has 2 aromatic rings. The Morgan fingerprint density at radius 1 is 1.53 bits per heavy atom. The van der Waals surface area contributed by atoms with E-state index in [2.05, 4.69) is 27.7 Å². The third kappa shape index (κ3) is 2.73.